The standard InChI is InChI=1S/C33H39N7O7/c1-42-26-16-24(17-27(19-26)43-2)21-37-33-39-31(38-32(40-33)36-20-23-8-9-28-29(18-23)47-22-46-28)35-11-13-45-15-14-44-12-10-34-30(41)25-6-4-3-5-7-25/h3-9,16-19H,10-15,20-22H2,1-2H3,(H,34,41)(H3,35,36,37,38,39,40). The lowest BCUT2D eigenvalue weighted by Gasteiger charge is -2.13. The Balaban J connectivity index is 1.09. The molecule has 0 unspecified atom stereocenters. The Morgan fingerprint density at radius 2 is 1.30 bits per heavy atom. The summed E-state index contributed by atoms with van der Waals surface area (Å²) in [5, 5.41) is 12.6. The van der Waals surface area contributed by atoms with Crippen molar-refractivity contribution in [2.75, 3.05) is 76.5 Å². The molecule has 0 atom stereocenters. The molecule has 4 aromatic rings. The summed E-state index contributed by atoms with van der Waals surface area (Å²) < 4.78 is 32.9. The molecule has 0 spiro atoms. The molecule has 47 heavy (non-hydrogen) atoms. The number of nitrogens with one attached hydrogen (secondary N) is 4. The van der Waals surface area contributed by atoms with Crippen LogP contribution in [0, 0.1) is 0 Å². The van der Waals surface area contributed by atoms with Crippen molar-refractivity contribution < 1.29 is 33.2 Å². The van der Waals surface area contributed by atoms with Crippen molar-refractivity contribution >= 4 is 23.8 Å². The van der Waals surface area contributed by atoms with Crippen LogP contribution >= 0.6 is 0 Å². The molecular formula is C33H39N7O7. The maximum atomic E-state index is 12.1. The number of fused-ring (bicyclic) bond motifs is 1. The Kier molecular flexibility index (Phi) is 12.2. The van der Waals surface area contributed by atoms with Gasteiger partial charge in [0.1, 0.15) is 11.5 Å². The molecular weight excluding hydrogens is 606 g/mol. The van der Waals surface area contributed by atoms with Gasteiger partial charge in [-0.2, -0.15) is 15.0 Å². The van der Waals surface area contributed by atoms with Crippen molar-refractivity contribution in [3.05, 3.63) is 83.4 Å². The van der Waals surface area contributed by atoms with Crippen molar-refractivity contribution in [3.8, 4) is 23.0 Å². The van der Waals surface area contributed by atoms with Gasteiger partial charge in [0, 0.05) is 37.8 Å². The van der Waals surface area contributed by atoms with Gasteiger partial charge in [0.05, 0.1) is 40.6 Å². The fraction of sp³-hybridized carbons (Fsp3) is 0.333. The van der Waals surface area contributed by atoms with E-state index in [0.29, 0.717) is 93.3 Å². The first-order valence-electron chi connectivity index (χ1n) is 15.2. The zero-order valence-corrected chi connectivity index (χ0v) is 26.4. The second-order valence-electron chi connectivity index (χ2n) is 10.2. The fourth-order valence-corrected chi connectivity index (χ4v) is 4.48. The molecule has 1 amide bonds. The highest BCUT2D eigenvalue weighted by Gasteiger charge is 2.14. The van der Waals surface area contributed by atoms with E-state index < -0.39 is 0 Å². The van der Waals surface area contributed by atoms with Crippen LogP contribution in [0.3, 0.4) is 0 Å². The minimum atomic E-state index is -0.125. The van der Waals surface area contributed by atoms with Crippen LogP contribution in [-0.2, 0) is 22.6 Å². The van der Waals surface area contributed by atoms with Crippen LogP contribution in [-0.4, -0.2) is 81.4 Å². The van der Waals surface area contributed by atoms with Crippen molar-refractivity contribution in [1.29, 1.82) is 0 Å². The predicted molar refractivity (Wildman–Crippen MR) is 175 cm³/mol. The summed E-state index contributed by atoms with van der Waals surface area (Å²) >= 11 is 0. The molecule has 14 nitrogen and oxygen atoms in total. The molecule has 0 aliphatic carbocycles. The summed E-state index contributed by atoms with van der Waals surface area (Å²) in [7, 11) is 3.22. The number of aromatic nitrogens is 3. The van der Waals surface area contributed by atoms with Crippen LogP contribution in [0.4, 0.5) is 17.8 Å². The number of methoxy groups -OCH3 is 2. The third-order valence-electron chi connectivity index (χ3n) is 6.85. The number of ether oxygens (including phenoxy) is 6. The van der Waals surface area contributed by atoms with E-state index in [1.54, 1.807) is 26.4 Å². The average Bonchev–Trinajstić information content (AvgIpc) is 3.59. The number of amides is 1. The quantitative estimate of drug-likeness (QED) is 0.109. The van der Waals surface area contributed by atoms with E-state index in [1.807, 2.05) is 54.6 Å². The number of carbonyl (C=O) groups is 1. The first-order chi connectivity index (χ1) is 23.1. The first kappa shape index (κ1) is 33.0. The summed E-state index contributed by atoms with van der Waals surface area (Å²) in [6.45, 7) is 3.61. The van der Waals surface area contributed by atoms with E-state index in [2.05, 4.69) is 36.2 Å². The van der Waals surface area contributed by atoms with E-state index >= 15 is 0 Å². The lowest BCUT2D eigenvalue weighted by Crippen LogP contribution is -2.27. The summed E-state index contributed by atoms with van der Waals surface area (Å²) in [6.07, 6.45) is 0. The zero-order valence-electron chi connectivity index (χ0n) is 26.4. The van der Waals surface area contributed by atoms with Gasteiger partial charge >= 0.3 is 0 Å². The van der Waals surface area contributed by atoms with Gasteiger partial charge in [-0.15, -0.1) is 0 Å². The lowest BCUT2D eigenvalue weighted by molar-refractivity contribution is 0.0519. The van der Waals surface area contributed by atoms with Crippen molar-refractivity contribution in [3.63, 3.8) is 0 Å². The number of hydrogen-bond donors (Lipinski definition) is 4. The number of benzene rings is 3. The van der Waals surface area contributed by atoms with E-state index in [1.165, 1.54) is 0 Å². The van der Waals surface area contributed by atoms with E-state index in [-0.39, 0.29) is 12.7 Å². The topological polar surface area (TPSA) is 159 Å². The average molecular weight is 646 g/mol. The van der Waals surface area contributed by atoms with Gasteiger partial charge in [0.15, 0.2) is 11.5 Å². The van der Waals surface area contributed by atoms with Gasteiger partial charge < -0.3 is 49.7 Å². The highest BCUT2D eigenvalue weighted by atomic mass is 16.7. The summed E-state index contributed by atoms with van der Waals surface area (Å²) in [5.41, 5.74) is 2.53. The van der Waals surface area contributed by atoms with Crippen LogP contribution in [0.2, 0.25) is 0 Å². The Bertz CT molecular complexity index is 1570. The minimum absolute atomic E-state index is 0.125. The predicted octanol–water partition coefficient (Wildman–Crippen LogP) is 3.72. The molecule has 1 aliphatic rings. The Morgan fingerprint density at radius 3 is 1.98 bits per heavy atom. The first-order valence-corrected chi connectivity index (χ1v) is 15.2. The number of rotatable bonds is 19. The van der Waals surface area contributed by atoms with Crippen molar-refractivity contribution in [1.82, 2.24) is 20.3 Å². The lowest BCUT2D eigenvalue weighted by atomic mass is 10.2. The molecule has 248 valence electrons. The molecule has 0 saturated carbocycles. The molecule has 1 aliphatic heterocycles. The van der Waals surface area contributed by atoms with E-state index in [9.17, 15) is 4.79 Å². The molecule has 0 bridgehead atoms. The Morgan fingerprint density at radius 1 is 0.681 bits per heavy atom. The maximum Gasteiger partial charge on any atom is 0.251 e. The van der Waals surface area contributed by atoms with Gasteiger partial charge in [-0.05, 0) is 47.5 Å². The number of anilines is 3. The highest BCUT2D eigenvalue weighted by Crippen LogP contribution is 2.32. The van der Waals surface area contributed by atoms with Gasteiger partial charge in [-0.25, -0.2) is 0 Å². The van der Waals surface area contributed by atoms with Crippen LogP contribution in [0.25, 0.3) is 0 Å². The number of carbonyl (C=O) groups excluding carboxylic acids is 1. The number of nitrogens with zero attached hydrogens (tertiary/aromatic N) is 3. The molecule has 4 N–H and O–H groups in total. The van der Waals surface area contributed by atoms with Gasteiger partial charge in [-0.3, -0.25) is 4.79 Å². The van der Waals surface area contributed by atoms with E-state index in [4.69, 9.17) is 28.4 Å². The normalized spacial score (nSPS) is 11.5. The SMILES string of the molecule is COc1cc(CNc2nc(NCCOCCOCCNC(=O)c3ccccc3)nc(NCc3ccc4c(c3)OCO4)n2)cc(OC)c1. The summed E-state index contributed by atoms with van der Waals surface area (Å²) in [6, 6.07) is 20.5. The van der Waals surface area contributed by atoms with Crippen molar-refractivity contribution in [2.24, 2.45) is 0 Å². The summed E-state index contributed by atoms with van der Waals surface area (Å²) in [5.74, 6) is 3.83. The largest absolute Gasteiger partial charge is 0.497 e. The molecule has 5 rings (SSSR count). The molecule has 1 aromatic heterocycles. The van der Waals surface area contributed by atoms with Crippen LogP contribution in [0.5, 0.6) is 23.0 Å². The van der Waals surface area contributed by atoms with Crippen LogP contribution in [0.15, 0.2) is 66.7 Å². The van der Waals surface area contributed by atoms with Gasteiger partial charge in [-0.1, -0.05) is 24.3 Å². The van der Waals surface area contributed by atoms with Gasteiger partial charge in [0.25, 0.3) is 5.91 Å². The second-order valence-corrected chi connectivity index (χ2v) is 10.2. The monoisotopic (exact) mass is 645 g/mol. The Hall–Kier alpha value is -5.34. The van der Waals surface area contributed by atoms with Gasteiger partial charge in [0.2, 0.25) is 24.6 Å². The summed E-state index contributed by atoms with van der Waals surface area (Å²) in [4.78, 5) is 25.7. The fourth-order valence-electron chi connectivity index (χ4n) is 4.48. The third kappa shape index (κ3) is 10.3. The van der Waals surface area contributed by atoms with Crippen LogP contribution < -0.4 is 40.2 Å². The molecule has 0 saturated heterocycles. The zero-order chi connectivity index (χ0) is 32.7. The second kappa shape index (κ2) is 17.4. The number of hydrogen-bond acceptors (Lipinski definition) is 13. The van der Waals surface area contributed by atoms with E-state index in [0.717, 1.165) is 16.9 Å². The molecule has 0 fully saturated rings. The molecule has 0 radical (unpaired) electrons. The molecule has 14 heteroatoms. The third-order valence-corrected chi connectivity index (χ3v) is 6.85. The van der Waals surface area contributed by atoms with Crippen LogP contribution in [0.1, 0.15) is 21.5 Å². The van der Waals surface area contributed by atoms with Crippen molar-refractivity contribution in [2.45, 2.75) is 13.1 Å². The molecule has 3 aromatic carbocycles. The highest BCUT2D eigenvalue weighted by molar-refractivity contribution is 5.94. The molecule has 2 heterocycles. The Labute approximate surface area is 273 Å². The minimum Gasteiger partial charge on any atom is -0.497 e. The maximum absolute atomic E-state index is 12.1. The smallest absolute Gasteiger partial charge is 0.251 e.